The van der Waals surface area contributed by atoms with Gasteiger partial charge in [-0.3, -0.25) is 4.90 Å². The SMILES string of the molecule is CC.CCN1Cc2cccc(C)c2C1. The maximum absolute atomic E-state index is 2.47. The molecule has 0 amide bonds. The zero-order chi connectivity index (χ0) is 10.6. The van der Waals surface area contributed by atoms with E-state index in [1.165, 1.54) is 11.1 Å². The van der Waals surface area contributed by atoms with Gasteiger partial charge in [0, 0.05) is 13.1 Å². The van der Waals surface area contributed by atoms with Crippen LogP contribution in [0.1, 0.15) is 37.5 Å². The number of nitrogens with zero attached hydrogens (tertiary/aromatic N) is 1. The predicted octanol–water partition coefficient (Wildman–Crippen LogP) is 3.36. The van der Waals surface area contributed by atoms with Gasteiger partial charge >= 0.3 is 0 Å². The Morgan fingerprint density at radius 1 is 1.21 bits per heavy atom. The summed E-state index contributed by atoms with van der Waals surface area (Å²) in [6, 6.07) is 6.61. The first-order valence-corrected chi connectivity index (χ1v) is 5.61. The number of rotatable bonds is 1. The van der Waals surface area contributed by atoms with Crippen molar-refractivity contribution in [2.75, 3.05) is 6.54 Å². The third-order valence-corrected chi connectivity index (χ3v) is 2.73. The average Bonchev–Trinajstić information content (AvgIpc) is 2.65. The normalized spacial score (nSPS) is 14.6. The van der Waals surface area contributed by atoms with Crippen molar-refractivity contribution in [2.24, 2.45) is 0 Å². The van der Waals surface area contributed by atoms with Crippen LogP contribution in [-0.4, -0.2) is 11.4 Å². The molecule has 78 valence electrons. The average molecular weight is 191 g/mol. The fraction of sp³-hybridized carbons (Fsp3) is 0.538. The second-order valence-electron chi connectivity index (χ2n) is 3.52. The standard InChI is InChI=1S/C11H15N.C2H6/c1-3-12-7-10-6-4-5-9(2)11(10)8-12;1-2/h4-6H,3,7-8H2,1-2H3;1-2H3. The van der Waals surface area contributed by atoms with E-state index in [0.29, 0.717) is 0 Å². The second-order valence-corrected chi connectivity index (χ2v) is 3.52. The minimum Gasteiger partial charge on any atom is -0.295 e. The minimum absolute atomic E-state index is 1.15. The Bertz CT molecular complexity index is 291. The highest BCUT2D eigenvalue weighted by molar-refractivity contribution is 5.36. The number of hydrogen-bond donors (Lipinski definition) is 0. The number of fused-ring (bicyclic) bond motifs is 1. The molecule has 1 aliphatic rings. The fourth-order valence-corrected chi connectivity index (χ4v) is 1.88. The summed E-state index contributed by atoms with van der Waals surface area (Å²) in [5.74, 6) is 0. The highest BCUT2D eigenvalue weighted by Crippen LogP contribution is 2.24. The first kappa shape index (κ1) is 11.3. The number of benzene rings is 1. The Labute approximate surface area is 87.7 Å². The number of hydrogen-bond acceptors (Lipinski definition) is 1. The van der Waals surface area contributed by atoms with Crippen molar-refractivity contribution in [3.05, 3.63) is 34.9 Å². The van der Waals surface area contributed by atoms with E-state index >= 15 is 0 Å². The molecule has 0 atom stereocenters. The molecule has 0 bridgehead atoms. The molecular formula is C13H21N. The summed E-state index contributed by atoms with van der Waals surface area (Å²) in [5, 5.41) is 0. The predicted molar refractivity (Wildman–Crippen MR) is 62.3 cm³/mol. The van der Waals surface area contributed by atoms with E-state index in [2.05, 4.69) is 36.9 Å². The lowest BCUT2D eigenvalue weighted by atomic mass is 10.1. The maximum Gasteiger partial charge on any atom is 0.0243 e. The Kier molecular flexibility index (Phi) is 4.15. The highest BCUT2D eigenvalue weighted by Gasteiger charge is 2.17. The van der Waals surface area contributed by atoms with Gasteiger partial charge in [-0.15, -0.1) is 0 Å². The van der Waals surface area contributed by atoms with Crippen LogP contribution in [0.3, 0.4) is 0 Å². The molecule has 0 fully saturated rings. The van der Waals surface area contributed by atoms with E-state index in [1.54, 1.807) is 5.56 Å². The van der Waals surface area contributed by atoms with Crippen LogP contribution < -0.4 is 0 Å². The summed E-state index contributed by atoms with van der Waals surface area (Å²) in [7, 11) is 0. The molecule has 0 saturated heterocycles. The molecule has 14 heavy (non-hydrogen) atoms. The summed E-state index contributed by atoms with van der Waals surface area (Å²) in [4.78, 5) is 2.47. The van der Waals surface area contributed by atoms with Crippen LogP contribution in [0.4, 0.5) is 0 Å². The number of aryl methyl sites for hydroxylation is 1. The Morgan fingerprint density at radius 3 is 2.50 bits per heavy atom. The molecule has 0 N–H and O–H groups in total. The van der Waals surface area contributed by atoms with Crippen molar-refractivity contribution in [1.82, 2.24) is 4.90 Å². The monoisotopic (exact) mass is 191 g/mol. The van der Waals surface area contributed by atoms with Gasteiger partial charge in [-0.1, -0.05) is 39.0 Å². The largest absolute Gasteiger partial charge is 0.295 e. The van der Waals surface area contributed by atoms with Gasteiger partial charge in [-0.25, -0.2) is 0 Å². The topological polar surface area (TPSA) is 3.24 Å². The summed E-state index contributed by atoms with van der Waals surface area (Å²) < 4.78 is 0. The first-order chi connectivity index (χ1) is 6.81. The zero-order valence-electron chi connectivity index (χ0n) is 9.80. The van der Waals surface area contributed by atoms with Crippen LogP contribution in [0.5, 0.6) is 0 Å². The Morgan fingerprint density at radius 2 is 1.93 bits per heavy atom. The zero-order valence-corrected chi connectivity index (χ0v) is 9.80. The lowest BCUT2D eigenvalue weighted by Gasteiger charge is -2.09. The van der Waals surface area contributed by atoms with Gasteiger partial charge in [0.25, 0.3) is 0 Å². The van der Waals surface area contributed by atoms with E-state index in [-0.39, 0.29) is 0 Å². The van der Waals surface area contributed by atoms with E-state index in [9.17, 15) is 0 Å². The molecule has 1 aromatic rings. The van der Waals surface area contributed by atoms with Gasteiger partial charge in [0.1, 0.15) is 0 Å². The van der Waals surface area contributed by atoms with Gasteiger partial charge in [0.15, 0.2) is 0 Å². The summed E-state index contributed by atoms with van der Waals surface area (Å²) in [6.45, 7) is 11.9. The quantitative estimate of drug-likeness (QED) is 0.658. The summed E-state index contributed by atoms with van der Waals surface area (Å²) in [5.41, 5.74) is 4.53. The third kappa shape index (κ3) is 2.16. The Balaban J connectivity index is 0.000000461. The smallest absolute Gasteiger partial charge is 0.0243 e. The summed E-state index contributed by atoms with van der Waals surface area (Å²) >= 11 is 0. The fourth-order valence-electron chi connectivity index (χ4n) is 1.88. The third-order valence-electron chi connectivity index (χ3n) is 2.73. The lowest BCUT2D eigenvalue weighted by Crippen LogP contribution is -2.14. The van der Waals surface area contributed by atoms with Gasteiger partial charge in [0.05, 0.1) is 0 Å². The van der Waals surface area contributed by atoms with Crippen LogP contribution in [0, 0.1) is 6.92 Å². The maximum atomic E-state index is 2.47. The van der Waals surface area contributed by atoms with E-state index < -0.39 is 0 Å². The van der Waals surface area contributed by atoms with Crippen LogP contribution in [-0.2, 0) is 13.1 Å². The molecule has 1 aromatic carbocycles. The second kappa shape index (κ2) is 5.16. The Hall–Kier alpha value is -0.820. The molecular weight excluding hydrogens is 170 g/mol. The van der Waals surface area contributed by atoms with E-state index in [1.807, 2.05) is 13.8 Å². The van der Waals surface area contributed by atoms with Crippen molar-refractivity contribution in [3.8, 4) is 0 Å². The minimum atomic E-state index is 1.15. The van der Waals surface area contributed by atoms with Gasteiger partial charge in [0.2, 0.25) is 0 Å². The van der Waals surface area contributed by atoms with Crippen molar-refractivity contribution in [2.45, 2.75) is 40.8 Å². The molecule has 0 spiro atoms. The molecule has 1 heterocycles. The van der Waals surface area contributed by atoms with Crippen molar-refractivity contribution in [1.29, 1.82) is 0 Å². The van der Waals surface area contributed by atoms with Gasteiger partial charge in [-0.05, 0) is 30.2 Å². The summed E-state index contributed by atoms with van der Waals surface area (Å²) in [6.07, 6.45) is 0. The molecule has 0 saturated carbocycles. The first-order valence-electron chi connectivity index (χ1n) is 5.61. The van der Waals surface area contributed by atoms with Crippen LogP contribution >= 0.6 is 0 Å². The molecule has 0 radical (unpaired) electrons. The van der Waals surface area contributed by atoms with Crippen LogP contribution in [0.2, 0.25) is 0 Å². The van der Waals surface area contributed by atoms with Gasteiger partial charge in [-0.2, -0.15) is 0 Å². The lowest BCUT2D eigenvalue weighted by molar-refractivity contribution is 0.300. The molecule has 1 nitrogen and oxygen atoms in total. The van der Waals surface area contributed by atoms with E-state index in [0.717, 1.165) is 19.6 Å². The van der Waals surface area contributed by atoms with E-state index in [4.69, 9.17) is 0 Å². The molecule has 1 heteroatoms. The van der Waals surface area contributed by atoms with Gasteiger partial charge < -0.3 is 0 Å². The van der Waals surface area contributed by atoms with Crippen molar-refractivity contribution < 1.29 is 0 Å². The van der Waals surface area contributed by atoms with Crippen molar-refractivity contribution in [3.63, 3.8) is 0 Å². The molecule has 1 aliphatic heterocycles. The van der Waals surface area contributed by atoms with Crippen LogP contribution in [0.25, 0.3) is 0 Å². The van der Waals surface area contributed by atoms with Crippen molar-refractivity contribution >= 4 is 0 Å². The molecule has 0 aromatic heterocycles. The highest BCUT2D eigenvalue weighted by atomic mass is 15.1. The molecule has 2 rings (SSSR count). The molecule has 0 unspecified atom stereocenters. The molecule has 0 aliphatic carbocycles. The van der Waals surface area contributed by atoms with Crippen LogP contribution in [0.15, 0.2) is 18.2 Å².